The molecule has 0 aliphatic rings. The maximum Gasteiger partial charge on any atom is 0.317 e. The van der Waals surface area contributed by atoms with Crippen molar-refractivity contribution in [2.24, 2.45) is 16.7 Å². The van der Waals surface area contributed by atoms with E-state index in [0.717, 1.165) is 11.1 Å². The van der Waals surface area contributed by atoms with Crippen molar-refractivity contribution in [1.29, 1.82) is 0 Å². The van der Waals surface area contributed by atoms with Gasteiger partial charge in [0.2, 0.25) is 0 Å². The van der Waals surface area contributed by atoms with Gasteiger partial charge in [-0.3, -0.25) is 4.79 Å². The number of benzene rings is 2. The number of carbonyl (C=O) groups is 1. The van der Waals surface area contributed by atoms with Crippen LogP contribution in [0.5, 0.6) is 11.5 Å². The average Bonchev–Trinajstić information content (AvgIpc) is 2.62. The minimum Gasteiger partial charge on any atom is -0.508 e. The Bertz CT molecular complexity index is 810. The molecule has 3 heteroatoms. The second-order valence-corrected chi connectivity index (χ2v) is 9.59. The topological polar surface area (TPSA) is 46.5 Å². The highest BCUT2D eigenvalue weighted by Crippen LogP contribution is 2.45. The molecule has 0 radical (unpaired) electrons. The SMILES string of the molecule is CC(C)C(C)(C)C(C)(C)C(=O)Oc1ccc(C(C)(C)c2ccc(O)cc2)cc1. The van der Waals surface area contributed by atoms with Crippen molar-refractivity contribution in [3.8, 4) is 11.5 Å². The summed E-state index contributed by atoms with van der Waals surface area (Å²) in [6, 6.07) is 15.0. The Labute approximate surface area is 169 Å². The highest BCUT2D eigenvalue weighted by Gasteiger charge is 2.46. The Morgan fingerprint density at radius 1 is 0.821 bits per heavy atom. The lowest BCUT2D eigenvalue weighted by atomic mass is 9.62. The van der Waals surface area contributed by atoms with E-state index >= 15 is 0 Å². The van der Waals surface area contributed by atoms with E-state index in [1.165, 1.54) is 0 Å². The fourth-order valence-electron chi connectivity index (χ4n) is 3.20. The minimum absolute atomic E-state index is 0.190. The van der Waals surface area contributed by atoms with Gasteiger partial charge < -0.3 is 9.84 Å². The number of hydrogen-bond acceptors (Lipinski definition) is 3. The molecule has 2 aromatic carbocycles. The van der Waals surface area contributed by atoms with E-state index < -0.39 is 5.41 Å². The summed E-state index contributed by atoms with van der Waals surface area (Å²) in [4.78, 5) is 12.9. The van der Waals surface area contributed by atoms with Gasteiger partial charge in [-0.2, -0.15) is 0 Å². The first-order valence-electron chi connectivity index (χ1n) is 9.92. The summed E-state index contributed by atoms with van der Waals surface area (Å²) in [6.07, 6.45) is 0. The molecule has 0 saturated carbocycles. The number of phenols is 1. The molecule has 0 aliphatic carbocycles. The first-order chi connectivity index (χ1) is 12.8. The second-order valence-electron chi connectivity index (χ2n) is 9.59. The van der Waals surface area contributed by atoms with Gasteiger partial charge in [0, 0.05) is 5.41 Å². The number of aromatic hydroxyl groups is 1. The molecule has 0 amide bonds. The number of ether oxygens (including phenoxy) is 1. The van der Waals surface area contributed by atoms with E-state index in [-0.39, 0.29) is 22.5 Å². The monoisotopic (exact) mass is 382 g/mol. The van der Waals surface area contributed by atoms with Crippen LogP contribution in [0.3, 0.4) is 0 Å². The van der Waals surface area contributed by atoms with Gasteiger partial charge in [0.25, 0.3) is 0 Å². The van der Waals surface area contributed by atoms with Crippen LogP contribution in [0, 0.1) is 16.7 Å². The third-order valence-electron chi connectivity index (χ3n) is 6.94. The summed E-state index contributed by atoms with van der Waals surface area (Å²) >= 11 is 0. The van der Waals surface area contributed by atoms with Gasteiger partial charge in [0.05, 0.1) is 5.41 Å². The maximum absolute atomic E-state index is 12.9. The highest BCUT2D eigenvalue weighted by molar-refractivity contribution is 5.79. The van der Waals surface area contributed by atoms with Crippen LogP contribution >= 0.6 is 0 Å². The molecule has 0 aromatic heterocycles. The molecule has 2 aromatic rings. The lowest BCUT2D eigenvalue weighted by Gasteiger charge is -2.42. The molecule has 0 atom stereocenters. The van der Waals surface area contributed by atoms with Crippen molar-refractivity contribution in [2.75, 3.05) is 0 Å². The van der Waals surface area contributed by atoms with Gasteiger partial charge in [-0.1, -0.05) is 65.8 Å². The van der Waals surface area contributed by atoms with E-state index in [4.69, 9.17) is 4.74 Å². The molecule has 0 heterocycles. The van der Waals surface area contributed by atoms with Gasteiger partial charge in [0.1, 0.15) is 11.5 Å². The van der Waals surface area contributed by atoms with Crippen LogP contribution in [0.1, 0.15) is 66.5 Å². The van der Waals surface area contributed by atoms with Crippen LogP contribution in [0.15, 0.2) is 48.5 Å². The molecule has 0 saturated heterocycles. The van der Waals surface area contributed by atoms with Gasteiger partial charge in [-0.05, 0) is 60.6 Å². The van der Waals surface area contributed by atoms with Crippen molar-refractivity contribution in [3.63, 3.8) is 0 Å². The Morgan fingerprint density at radius 3 is 1.68 bits per heavy atom. The van der Waals surface area contributed by atoms with Crippen molar-refractivity contribution in [3.05, 3.63) is 59.7 Å². The first-order valence-corrected chi connectivity index (χ1v) is 9.92. The van der Waals surface area contributed by atoms with E-state index in [1.54, 1.807) is 12.1 Å². The largest absolute Gasteiger partial charge is 0.508 e. The number of carbonyl (C=O) groups excluding carboxylic acids is 1. The summed E-state index contributed by atoms with van der Waals surface area (Å²) in [5.41, 5.74) is 1.19. The summed E-state index contributed by atoms with van der Waals surface area (Å²) in [6.45, 7) is 16.7. The van der Waals surface area contributed by atoms with E-state index in [9.17, 15) is 9.90 Å². The van der Waals surface area contributed by atoms with Crippen LogP contribution in [0.25, 0.3) is 0 Å². The molecular formula is C25H34O3. The number of phenolic OH excluding ortho intramolecular Hbond substituents is 1. The molecule has 0 fully saturated rings. The molecule has 3 nitrogen and oxygen atoms in total. The number of hydrogen-bond donors (Lipinski definition) is 1. The molecule has 0 aliphatic heterocycles. The van der Waals surface area contributed by atoms with Gasteiger partial charge in [-0.25, -0.2) is 0 Å². The zero-order valence-electron chi connectivity index (χ0n) is 18.5. The molecule has 28 heavy (non-hydrogen) atoms. The minimum atomic E-state index is -0.606. The van der Waals surface area contributed by atoms with E-state index in [2.05, 4.69) is 41.5 Å². The molecular weight excluding hydrogens is 348 g/mol. The zero-order valence-corrected chi connectivity index (χ0v) is 18.5. The highest BCUT2D eigenvalue weighted by atomic mass is 16.5. The molecule has 0 spiro atoms. The fourth-order valence-corrected chi connectivity index (χ4v) is 3.20. The molecule has 2 rings (SSSR count). The van der Waals surface area contributed by atoms with Crippen LogP contribution in [0.2, 0.25) is 0 Å². The smallest absolute Gasteiger partial charge is 0.317 e. The normalized spacial score (nSPS) is 12.9. The van der Waals surface area contributed by atoms with Gasteiger partial charge in [-0.15, -0.1) is 0 Å². The molecule has 1 N–H and O–H groups in total. The third kappa shape index (κ3) is 4.09. The summed E-state index contributed by atoms with van der Waals surface area (Å²) < 4.78 is 5.73. The van der Waals surface area contributed by atoms with Crippen molar-refractivity contribution in [2.45, 2.75) is 60.8 Å². The van der Waals surface area contributed by atoms with E-state index in [1.807, 2.05) is 50.2 Å². The van der Waals surface area contributed by atoms with Gasteiger partial charge in [0.15, 0.2) is 0 Å². The zero-order chi connectivity index (χ0) is 21.3. The molecule has 0 unspecified atom stereocenters. The standard InChI is InChI=1S/C25H34O3/c1-17(2)24(5,6)25(7,8)22(27)28-21-15-11-19(12-16-21)23(3,4)18-9-13-20(26)14-10-18/h9-17,26H,1-8H3. The third-order valence-corrected chi connectivity index (χ3v) is 6.94. The predicted octanol–water partition coefficient (Wildman–Crippen LogP) is 6.33. The van der Waals surface area contributed by atoms with Crippen LogP contribution in [-0.2, 0) is 10.2 Å². The Hall–Kier alpha value is -2.29. The van der Waals surface area contributed by atoms with Crippen molar-refractivity contribution < 1.29 is 14.6 Å². The summed E-state index contributed by atoms with van der Waals surface area (Å²) in [5, 5.41) is 9.52. The fraction of sp³-hybridized carbons (Fsp3) is 0.480. The van der Waals surface area contributed by atoms with Crippen LogP contribution < -0.4 is 4.74 Å². The van der Waals surface area contributed by atoms with Crippen LogP contribution in [-0.4, -0.2) is 11.1 Å². The van der Waals surface area contributed by atoms with Gasteiger partial charge >= 0.3 is 5.97 Å². The Morgan fingerprint density at radius 2 is 1.25 bits per heavy atom. The first kappa shape index (κ1) is 22.0. The second kappa shape index (κ2) is 7.62. The predicted molar refractivity (Wildman–Crippen MR) is 115 cm³/mol. The van der Waals surface area contributed by atoms with Crippen molar-refractivity contribution in [1.82, 2.24) is 0 Å². The Kier molecular flexibility index (Phi) is 5.98. The quantitative estimate of drug-likeness (QED) is 0.469. The lowest BCUT2D eigenvalue weighted by Crippen LogP contribution is -2.45. The molecule has 0 bridgehead atoms. The lowest BCUT2D eigenvalue weighted by molar-refractivity contribution is -0.153. The summed E-state index contributed by atoms with van der Waals surface area (Å²) in [7, 11) is 0. The van der Waals surface area contributed by atoms with E-state index in [0.29, 0.717) is 11.7 Å². The molecule has 152 valence electrons. The Balaban J connectivity index is 2.21. The van der Waals surface area contributed by atoms with Crippen LogP contribution in [0.4, 0.5) is 0 Å². The maximum atomic E-state index is 12.9. The number of rotatable bonds is 6. The average molecular weight is 383 g/mol. The van der Waals surface area contributed by atoms with Crippen molar-refractivity contribution >= 4 is 5.97 Å². The summed E-state index contributed by atoms with van der Waals surface area (Å²) in [5.74, 6) is 0.955. The number of esters is 1.